The van der Waals surface area contributed by atoms with Crippen molar-refractivity contribution in [1.29, 1.82) is 0 Å². The van der Waals surface area contributed by atoms with E-state index in [1.165, 1.54) is 9.75 Å². The Hall–Kier alpha value is -1.40. The van der Waals surface area contributed by atoms with Gasteiger partial charge in [-0.2, -0.15) is 0 Å². The predicted molar refractivity (Wildman–Crippen MR) is 88.6 cm³/mol. The summed E-state index contributed by atoms with van der Waals surface area (Å²) in [4.78, 5) is 28.6. The van der Waals surface area contributed by atoms with Crippen molar-refractivity contribution in [2.75, 3.05) is 13.1 Å². The second-order valence-corrected chi connectivity index (χ2v) is 7.50. The average Bonchev–Trinajstić information content (AvgIpc) is 3.11. The van der Waals surface area contributed by atoms with E-state index in [0.717, 1.165) is 19.4 Å². The lowest BCUT2D eigenvalue weighted by Crippen LogP contribution is -2.47. The molecule has 2 amide bonds. The van der Waals surface area contributed by atoms with Gasteiger partial charge in [-0.3, -0.25) is 9.59 Å². The van der Waals surface area contributed by atoms with Crippen LogP contribution in [-0.4, -0.2) is 35.8 Å². The van der Waals surface area contributed by atoms with Crippen molar-refractivity contribution in [2.45, 2.75) is 45.7 Å². The summed E-state index contributed by atoms with van der Waals surface area (Å²) in [5.74, 6) is -0.229. The first-order chi connectivity index (χ1) is 10.4. The lowest BCUT2D eigenvalue weighted by atomic mass is 10.1. The highest BCUT2D eigenvalue weighted by atomic mass is 32.1. The molecule has 1 fully saturated rings. The Bertz CT molecular complexity index is 541. The number of nitrogens with one attached hydrogen (secondary N) is 1. The van der Waals surface area contributed by atoms with E-state index in [-0.39, 0.29) is 30.3 Å². The molecule has 122 valence electrons. The molecule has 1 saturated heterocycles. The first-order valence-electron chi connectivity index (χ1n) is 7.79. The van der Waals surface area contributed by atoms with Crippen molar-refractivity contribution in [1.82, 2.24) is 10.2 Å². The van der Waals surface area contributed by atoms with E-state index in [0.29, 0.717) is 0 Å². The van der Waals surface area contributed by atoms with Crippen LogP contribution in [0.4, 0.5) is 0 Å². The second-order valence-electron chi connectivity index (χ2n) is 6.18. The fourth-order valence-electron chi connectivity index (χ4n) is 2.68. The molecule has 1 aliphatic heterocycles. The van der Waals surface area contributed by atoms with Crippen molar-refractivity contribution in [3.05, 3.63) is 21.9 Å². The molecule has 1 aliphatic rings. The van der Waals surface area contributed by atoms with Crippen LogP contribution >= 0.6 is 11.3 Å². The SMILES string of the molecule is Cc1ccc(C2CCCN2C(=O)CNC(=O)[C@@H](N)C(C)C)s1. The van der Waals surface area contributed by atoms with Gasteiger partial charge < -0.3 is 16.0 Å². The third-order valence-corrected chi connectivity index (χ3v) is 5.20. The quantitative estimate of drug-likeness (QED) is 0.868. The van der Waals surface area contributed by atoms with E-state index in [1.807, 2.05) is 18.7 Å². The number of carbonyl (C=O) groups is 2. The molecule has 1 aromatic heterocycles. The minimum atomic E-state index is -0.567. The van der Waals surface area contributed by atoms with Gasteiger partial charge >= 0.3 is 0 Å². The zero-order chi connectivity index (χ0) is 16.3. The highest BCUT2D eigenvalue weighted by Crippen LogP contribution is 2.35. The predicted octanol–water partition coefficient (Wildman–Crippen LogP) is 1.82. The fraction of sp³-hybridized carbons (Fsp3) is 0.625. The zero-order valence-electron chi connectivity index (χ0n) is 13.5. The van der Waals surface area contributed by atoms with Gasteiger partial charge in [-0.25, -0.2) is 0 Å². The number of hydrogen-bond acceptors (Lipinski definition) is 4. The molecule has 1 aromatic rings. The molecule has 0 aromatic carbocycles. The number of nitrogens with two attached hydrogens (primary N) is 1. The van der Waals surface area contributed by atoms with E-state index in [1.54, 1.807) is 11.3 Å². The molecule has 0 aliphatic carbocycles. The molecule has 5 nitrogen and oxygen atoms in total. The van der Waals surface area contributed by atoms with Gasteiger partial charge in [0, 0.05) is 16.3 Å². The van der Waals surface area contributed by atoms with Crippen molar-refractivity contribution >= 4 is 23.2 Å². The Morgan fingerprint density at radius 3 is 2.77 bits per heavy atom. The number of nitrogens with zero attached hydrogens (tertiary/aromatic N) is 1. The smallest absolute Gasteiger partial charge is 0.242 e. The van der Waals surface area contributed by atoms with Crippen LogP contribution in [0.2, 0.25) is 0 Å². The minimum Gasteiger partial charge on any atom is -0.346 e. The molecule has 0 spiro atoms. The number of carbonyl (C=O) groups excluding carboxylic acids is 2. The van der Waals surface area contributed by atoms with E-state index in [2.05, 4.69) is 24.4 Å². The molecule has 6 heteroatoms. The van der Waals surface area contributed by atoms with Gasteiger partial charge in [-0.05, 0) is 37.8 Å². The van der Waals surface area contributed by atoms with Gasteiger partial charge in [0.15, 0.2) is 0 Å². The van der Waals surface area contributed by atoms with E-state index in [4.69, 9.17) is 5.73 Å². The molecule has 3 N–H and O–H groups in total. The van der Waals surface area contributed by atoms with Crippen LogP contribution in [0.5, 0.6) is 0 Å². The third kappa shape index (κ3) is 3.87. The normalized spacial score (nSPS) is 19.5. The largest absolute Gasteiger partial charge is 0.346 e. The Balaban J connectivity index is 1.93. The van der Waals surface area contributed by atoms with Gasteiger partial charge in [0.2, 0.25) is 11.8 Å². The Kier molecular flexibility index (Phi) is 5.58. The topological polar surface area (TPSA) is 75.4 Å². The van der Waals surface area contributed by atoms with Crippen molar-refractivity contribution in [2.24, 2.45) is 11.7 Å². The molecule has 1 unspecified atom stereocenters. The van der Waals surface area contributed by atoms with E-state index < -0.39 is 6.04 Å². The number of likely N-dealkylation sites (tertiary alicyclic amines) is 1. The molecule has 0 saturated carbocycles. The molecule has 0 bridgehead atoms. The summed E-state index contributed by atoms with van der Waals surface area (Å²) in [6.07, 6.45) is 2.00. The van der Waals surface area contributed by atoms with Crippen molar-refractivity contribution in [3.8, 4) is 0 Å². The zero-order valence-corrected chi connectivity index (χ0v) is 14.3. The summed E-state index contributed by atoms with van der Waals surface area (Å²) < 4.78 is 0. The summed E-state index contributed by atoms with van der Waals surface area (Å²) >= 11 is 1.74. The maximum atomic E-state index is 12.4. The van der Waals surface area contributed by atoms with Crippen LogP contribution in [0.25, 0.3) is 0 Å². The maximum Gasteiger partial charge on any atom is 0.242 e. The summed E-state index contributed by atoms with van der Waals surface area (Å²) in [5, 5.41) is 2.67. The summed E-state index contributed by atoms with van der Waals surface area (Å²) in [5.41, 5.74) is 5.79. The summed E-state index contributed by atoms with van der Waals surface area (Å²) in [6.45, 7) is 6.64. The average molecular weight is 323 g/mol. The number of amides is 2. The molecular weight excluding hydrogens is 298 g/mol. The Morgan fingerprint density at radius 1 is 1.45 bits per heavy atom. The van der Waals surface area contributed by atoms with Crippen LogP contribution in [0.3, 0.4) is 0 Å². The van der Waals surface area contributed by atoms with Gasteiger partial charge in [0.1, 0.15) is 0 Å². The number of rotatable bonds is 5. The minimum absolute atomic E-state index is 0.0279. The summed E-state index contributed by atoms with van der Waals surface area (Å²) in [7, 11) is 0. The maximum absolute atomic E-state index is 12.4. The Morgan fingerprint density at radius 2 is 2.18 bits per heavy atom. The Labute approximate surface area is 135 Å². The van der Waals surface area contributed by atoms with Gasteiger partial charge in [-0.1, -0.05) is 13.8 Å². The first kappa shape index (κ1) is 17.0. The molecule has 22 heavy (non-hydrogen) atoms. The summed E-state index contributed by atoms with van der Waals surface area (Å²) in [6, 6.07) is 3.78. The molecule has 2 rings (SSSR count). The van der Waals surface area contributed by atoms with Gasteiger partial charge in [0.25, 0.3) is 0 Å². The van der Waals surface area contributed by atoms with Crippen LogP contribution in [0.1, 0.15) is 42.5 Å². The molecule has 2 atom stereocenters. The first-order valence-corrected chi connectivity index (χ1v) is 8.61. The van der Waals surface area contributed by atoms with Crippen molar-refractivity contribution in [3.63, 3.8) is 0 Å². The molecule has 0 radical (unpaired) electrons. The highest BCUT2D eigenvalue weighted by Gasteiger charge is 2.31. The van der Waals surface area contributed by atoms with Crippen LogP contribution < -0.4 is 11.1 Å². The lowest BCUT2D eigenvalue weighted by molar-refractivity contribution is -0.134. The van der Waals surface area contributed by atoms with E-state index in [9.17, 15) is 9.59 Å². The highest BCUT2D eigenvalue weighted by molar-refractivity contribution is 7.12. The monoisotopic (exact) mass is 323 g/mol. The number of aryl methyl sites for hydroxylation is 1. The second kappa shape index (κ2) is 7.24. The van der Waals surface area contributed by atoms with Crippen LogP contribution in [0, 0.1) is 12.8 Å². The van der Waals surface area contributed by atoms with Crippen LogP contribution in [0.15, 0.2) is 12.1 Å². The van der Waals surface area contributed by atoms with Gasteiger partial charge in [-0.15, -0.1) is 11.3 Å². The van der Waals surface area contributed by atoms with E-state index >= 15 is 0 Å². The number of hydrogen-bond donors (Lipinski definition) is 2. The number of thiophene rings is 1. The molecular formula is C16H25N3O2S. The third-order valence-electron chi connectivity index (χ3n) is 4.10. The standard InChI is InChI=1S/C16H25N3O2S/c1-10(2)15(17)16(21)18-9-14(20)19-8-4-5-12(19)13-7-6-11(3)22-13/h6-7,10,12,15H,4-5,8-9,17H2,1-3H3,(H,18,21)/t12?,15-/m0/s1. The van der Waals surface area contributed by atoms with Crippen LogP contribution in [-0.2, 0) is 9.59 Å². The van der Waals surface area contributed by atoms with Gasteiger partial charge in [0.05, 0.1) is 18.6 Å². The fourth-order valence-corrected chi connectivity index (χ4v) is 3.70. The molecule has 2 heterocycles. The lowest BCUT2D eigenvalue weighted by Gasteiger charge is -2.24. The van der Waals surface area contributed by atoms with Crippen molar-refractivity contribution < 1.29 is 9.59 Å².